The Morgan fingerprint density at radius 3 is 2.55 bits per heavy atom. The van der Waals surface area contributed by atoms with E-state index in [2.05, 4.69) is 44.2 Å². The highest BCUT2D eigenvalue weighted by molar-refractivity contribution is 6.20. The van der Waals surface area contributed by atoms with Crippen molar-refractivity contribution in [2.24, 2.45) is 0 Å². The van der Waals surface area contributed by atoms with E-state index < -0.39 is 0 Å². The molecule has 2 aromatic carbocycles. The molecular weight excluding hydrogens is 268 g/mol. The Morgan fingerprint density at radius 2 is 1.85 bits per heavy atom. The van der Waals surface area contributed by atoms with Crippen LogP contribution in [-0.4, -0.2) is 6.61 Å². The van der Waals surface area contributed by atoms with E-state index >= 15 is 0 Å². The Hall–Kier alpha value is -1.47. The van der Waals surface area contributed by atoms with Gasteiger partial charge in [-0.2, -0.15) is 0 Å². The van der Waals surface area contributed by atoms with Crippen LogP contribution in [-0.2, 0) is 6.42 Å². The summed E-state index contributed by atoms with van der Waals surface area (Å²) in [7, 11) is 0. The molecule has 0 aliphatic carbocycles. The van der Waals surface area contributed by atoms with Gasteiger partial charge in [0.2, 0.25) is 0 Å². The van der Waals surface area contributed by atoms with Crippen LogP contribution in [0.2, 0.25) is 0 Å². The Bertz CT molecular complexity index is 533. The van der Waals surface area contributed by atoms with Crippen LogP contribution in [0.1, 0.15) is 35.4 Å². The van der Waals surface area contributed by atoms with E-state index in [0.29, 0.717) is 0 Å². The van der Waals surface area contributed by atoms with Crippen LogP contribution in [0.15, 0.2) is 48.5 Å². The third-order valence-corrected chi connectivity index (χ3v) is 3.63. The number of ether oxygens (including phenoxy) is 1. The van der Waals surface area contributed by atoms with Crippen LogP contribution >= 0.6 is 11.6 Å². The van der Waals surface area contributed by atoms with Crippen LogP contribution in [0.3, 0.4) is 0 Å². The zero-order chi connectivity index (χ0) is 14.4. The monoisotopic (exact) mass is 288 g/mol. The fraction of sp³-hybridized carbons (Fsp3) is 0.333. The van der Waals surface area contributed by atoms with E-state index in [9.17, 15) is 0 Å². The summed E-state index contributed by atoms with van der Waals surface area (Å²) in [5.41, 5.74) is 3.64. The van der Waals surface area contributed by atoms with Gasteiger partial charge in [-0.3, -0.25) is 0 Å². The first-order valence-electron chi connectivity index (χ1n) is 7.11. The van der Waals surface area contributed by atoms with Crippen molar-refractivity contribution < 1.29 is 4.74 Å². The Kier molecular flexibility index (Phi) is 5.49. The van der Waals surface area contributed by atoms with E-state index in [1.54, 1.807) is 0 Å². The summed E-state index contributed by atoms with van der Waals surface area (Å²) in [6, 6.07) is 16.6. The molecule has 1 atom stereocenters. The SMILES string of the molecule is CCCOc1cccc(C(Cl)Cc2ccc(C)cc2)c1. The normalized spacial score (nSPS) is 12.2. The van der Waals surface area contributed by atoms with E-state index in [1.165, 1.54) is 11.1 Å². The van der Waals surface area contributed by atoms with Gasteiger partial charge in [0.15, 0.2) is 0 Å². The van der Waals surface area contributed by atoms with Gasteiger partial charge in [-0.05, 0) is 43.0 Å². The summed E-state index contributed by atoms with van der Waals surface area (Å²) in [4.78, 5) is 0. The van der Waals surface area contributed by atoms with E-state index in [1.807, 2.05) is 18.2 Å². The molecule has 0 amide bonds. The molecule has 0 fully saturated rings. The summed E-state index contributed by atoms with van der Waals surface area (Å²) in [5, 5.41) is -0.0251. The molecule has 1 nitrogen and oxygen atoms in total. The molecule has 1 unspecified atom stereocenters. The maximum atomic E-state index is 6.53. The smallest absolute Gasteiger partial charge is 0.119 e. The number of hydrogen-bond acceptors (Lipinski definition) is 1. The van der Waals surface area contributed by atoms with Gasteiger partial charge in [0.25, 0.3) is 0 Å². The lowest BCUT2D eigenvalue weighted by molar-refractivity contribution is 0.317. The minimum absolute atomic E-state index is 0.0251. The molecule has 0 bridgehead atoms. The third-order valence-electron chi connectivity index (χ3n) is 3.23. The highest BCUT2D eigenvalue weighted by Crippen LogP contribution is 2.27. The van der Waals surface area contributed by atoms with Gasteiger partial charge in [0, 0.05) is 0 Å². The van der Waals surface area contributed by atoms with Gasteiger partial charge in [-0.15, -0.1) is 11.6 Å². The number of aryl methyl sites for hydroxylation is 1. The van der Waals surface area contributed by atoms with Crippen molar-refractivity contribution in [2.45, 2.75) is 32.1 Å². The molecule has 0 aromatic heterocycles. The van der Waals surface area contributed by atoms with Gasteiger partial charge >= 0.3 is 0 Å². The second kappa shape index (κ2) is 7.35. The number of hydrogen-bond donors (Lipinski definition) is 0. The standard InChI is InChI=1S/C18H21ClO/c1-3-11-20-17-6-4-5-16(13-17)18(19)12-15-9-7-14(2)8-10-15/h4-10,13,18H,3,11-12H2,1-2H3. The predicted molar refractivity (Wildman–Crippen MR) is 85.7 cm³/mol. The van der Waals surface area contributed by atoms with E-state index in [4.69, 9.17) is 16.3 Å². The Balaban J connectivity index is 2.04. The molecular formula is C18H21ClO. The van der Waals surface area contributed by atoms with Crippen molar-refractivity contribution in [3.8, 4) is 5.75 Å². The average molecular weight is 289 g/mol. The van der Waals surface area contributed by atoms with Crippen molar-refractivity contribution in [3.05, 3.63) is 65.2 Å². The number of alkyl halides is 1. The van der Waals surface area contributed by atoms with Crippen LogP contribution < -0.4 is 4.74 Å². The molecule has 0 aliphatic heterocycles. The van der Waals surface area contributed by atoms with Crippen LogP contribution in [0.25, 0.3) is 0 Å². The first-order chi connectivity index (χ1) is 9.69. The van der Waals surface area contributed by atoms with Crippen molar-refractivity contribution in [3.63, 3.8) is 0 Å². The van der Waals surface area contributed by atoms with Crippen LogP contribution in [0.4, 0.5) is 0 Å². The topological polar surface area (TPSA) is 9.23 Å². The fourth-order valence-corrected chi connectivity index (χ4v) is 2.38. The lowest BCUT2D eigenvalue weighted by Gasteiger charge is -2.12. The van der Waals surface area contributed by atoms with Gasteiger partial charge < -0.3 is 4.74 Å². The van der Waals surface area contributed by atoms with Crippen molar-refractivity contribution in [1.82, 2.24) is 0 Å². The number of halogens is 1. The largest absolute Gasteiger partial charge is 0.494 e. The quantitative estimate of drug-likeness (QED) is 0.655. The first kappa shape index (κ1) is 14.9. The summed E-state index contributed by atoms with van der Waals surface area (Å²) < 4.78 is 5.65. The second-order valence-electron chi connectivity index (χ2n) is 5.08. The molecule has 2 rings (SSSR count). The first-order valence-corrected chi connectivity index (χ1v) is 7.55. The van der Waals surface area contributed by atoms with Gasteiger partial charge in [0.05, 0.1) is 12.0 Å². The minimum Gasteiger partial charge on any atom is -0.494 e. The molecule has 106 valence electrons. The molecule has 0 saturated heterocycles. The Morgan fingerprint density at radius 1 is 1.10 bits per heavy atom. The number of benzene rings is 2. The molecule has 0 spiro atoms. The summed E-state index contributed by atoms with van der Waals surface area (Å²) in [6.07, 6.45) is 1.84. The van der Waals surface area contributed by atoms with E-state index in [0.717, 1.165) is 30.8 Å². The fourth-order valence-electron chi connectivity index (χ4n) is 2.07. The lowest BCUT2D eigenvalue weighted by Crippen LogP contribution is -1.99. The molecule has 0 heterocycles. The van der Waals surface area contributed by atoms with Crippen molar-refractivity contribution in [2.75, 3.05) is 6.61 Å². The van der Waals surface area contributed by atoms with Crippen LogP contribution in [0, 0.1) is 6.92 Å². The molecule has 0 N–H and O–H groups in total. The van der Waals surface area contributed by atoms with Crippen LogP contribution in [0.5, 0.6) is 5.75 Å². The minimum atomic E-state index is -0.0251. The lowest BCUT2D eigenvalue weighted by atomic mass is 10.0. The molecule has 0 saturated carbocycles. The molecule has 0 aliphatic rings. The highest BCUT2D eigenvalue weighted by atomic mass is 35.5. The van der Waals surface area contributed by atoms with Gasteiger partial charge in [-0.1, -0.05) is 48.9 Å². The van der Waals surface area contributed by atoms with Gasteiger partial charge in [-0.25, -0.2) is 0 Å². The summed E-state index contributed by atoms with van der Waals surface area (Å²) in [6.45, 7) is 4.94. The maximum absolute atomic E-state index is 6.53. The average Bonchev–Trinajstić information content (AvgIpc) is 2.48. The molecule has 2 aromatic rings. The Labute approximate surface area is 126 Å². The van der Waals surface area contributed by atoms with Gasteiger partial charge in [0.1, 0.15) is 5.75 Å². The molecule has 2 heteroatoms. The number of rotatable bonds is 6. The molecule has 0 radical (unpaired) electrons. The zero-order valence-electron chi connectivity index (χ0n) is 12.1. The summed E-state index contributed by atoms with van der Waals surface area (Å²) >= 11 is 6.53. The second-order valence-corrected chi connectivity index (χ2v) is 5.61. The predicted octanol–water partition coefficient (Wildman–Crippen LogP) is 5.31. The third kappa shape index (κ3) is 4.28. The highest BCUT2D eigenvalue weighted by Gasteiger charge is 2.10. The molecule has 20 heavy (non-hydrogen) atoms. The zero-order valence-corrected chi connectivity index (χ0v) is 12.9. The summed E-state index contributed by atoms with van der Waals surface area (Å²) in [5.74, 6) is 0.902. The van der Waals surface area contributed by atoms with E-state index in [-0.39, 0.29) is 5.38 Å². The van der Waals surface area contributed by atoms with Crippen molar-refractivity contribution in [1.29, 1.82) is 0 Å². The maximum Gasteiger partial charge on any atom is 0.119 e. The van der Waals surface area contributed by atoms with Crippen molar-refractivity contribution >= 4 is 11.6 Å².